The van der Waals surface area contributed by atoms with E-state index in [0.29, 0.717) is 17.1 Å². The van der Waals surface area contributed by atoms with Crippen LogP contribution in [0.2, 0.25) is 0 Å². The van der Waals surface area contributed by atoms with Crippen LogP contribution in [0.15, 0.2) is 47.0 Å². The number of hydrogen-bond donors (Lipinski definition) is 0. The molecule has 1 amide bonds. The number of benzene rings is 2. The van der Waals surface area contributed by atoms with Crippen LogP contribution < -0.4 is 5.01 Å². The van der Waals surface area contributed by atoms with Crippen molar-refractivity contribution in [2.75, 3.05) is 19.1 Å². The Morgan fingerprint density at radius 3 is 2.34 bits per heavy atom. The first-order valence-electron chi connectivity index (χ1n) is 8.69. The summed E-state index contributed by atoms with van der Waals surface area (Å²) in [5, 5.41) is 6.33. The number of hydrazine groups is 1. The second-order valence-electron chi connectivity index (χ2n) is 6.66. The average Bonchev–Trinajstić information content (AvgIpc) is 3.07. The highest BCUT2D eigenvalue weighted by atomic mass is 19.4. The lowest BCUT2D eigenvalue weighted by Crippen LogP contribution is -2.43. The predicted octanol–water partition coefficient (Wildman–Crippen LogP) is 4.50. The van der Waals surface area contributed by atoms with E-state index in [0.717, 1.165) is 6.07 Å². The number of aromatic nitrogens is 2. The lowest BCUT2D eigenvalue weighted by Gasteiger charge is -2.30. The standard InChI is InChI=1S/C20H19F3N4O2/c1-12-7-5-10-16(20(21,22)23)17(12)19(28)27(26(3)4)15-9-6-8-14(11-15)18-24-13(2)25-29-18/h5-11H,1-4H3. The Labute approximate surface area is 165 Å². The molecule has 1 aromatic heterocycles. The normalized spacial score (nSPS) is 11.7. The maximum atomic E-state index is 13.5. The van der Waals surface area contributed by atoms with Gasteiger partial charge >= 0.3 is 6.18 Å². The van der Waals surface area contributed by atoms with E-state index < -0.39 is 23.2 Å². The number of carbonyl (C=O) groups excluding carboxylic acids is 1. The topological polar surface area (TPSA) is 62.5 Å². The van der Waals surface area contributed by atoms with Gasteiger partial charge in [-0.25, -0.2) is 10.0 Å². The molecule has 29 heavy (non-hydrogen) atoms. The Balaban J connectivity index is 2.10. The summed E-state index contributed by atoms with van der Waals surface area (Å²) in [5.41, 5.74) is -0.223. The Morgan fingerprint density at radius 1 is 1.07 bits per heavy atom. The summed E-state index contributed by atoms with van der Waals surface area (Å²) in [6.07, 6.45) is -4.65. The molecular formula is C20H19F3N4O2. The van der Waals surface area contributed by atoms with Gasteiger partial charge in [0.05, 0.1) is 16.8 Å². The van der Waals surface area contributed by atoms with Crippen molar-refractivity contribution in [3.63, 3.8) is 0 Å². The second kappa shape index (κ2) is 7.67. The van der Waals surface area contributed by atoms with E-state index in [1.807, 2.05) is 0 Å². The molecule has 0 radical (unpaired) electrons. The summed E-state index contributed by atoms with van der Waals surface area (Å²) < 4.78 is 45.7. The van der Waals surface area contributed by atoms with Gasteiger partial charge in [0.2, 0.25) is 0 Å². The van der Waals surface area contributed by atoms with Gasteiger partial charge in [0, 0.05) is 19.7 Å². The van der Waals surface area contributed by atoms with Crippen LogP contribution in [0.4, 0.5) is 18.9 Å². The fraction of sp³-hybridized carbons (Fsp3) is 0.250. The molecule has 0 atom stereocenters. The van der Waals surface area contributed by atoms with Gasteiger partial charge in [0.15, 0.2) is 5.82 Å². The number of hydrogen-bond acceptors (Lipinski definition) is 5. The number of aryl methyl sites for hydroxylation is 2. The Kier molecular flexibility index (Phi) is 5.43. The third kappa shape index (κ3) is 4.14. The zero-order chi connectivity index (χ0) is 21.3. The van der Waals surface area contributed by atoms with Crippen LogP contribution in [-0.4, -0.2) is 35.2 Å². The van der Waals surface area contributed by atoms with Crippen LogP contribution in [0.3, 0.4) is 0 Å². The maximum absolute atomic E-state index is 13.5. The van der Waals surface area contributed by atoms with Crippen LogP contribution in [0.5, 0.6) is 0 Å². The lowest BCUT2D eigenvalue weighted by atomic mass is 10.00. The average molecular weight is 404 g/mol. The summed E-state index contributed by atoms with van der Waals surface area (Å²) in [6, 6.07) is 10.3. The minimum atomic E-state index is -4.65. The largest absolute Gasteiger partial charge is 0.417 e. The highest BCUT2D eigenvalue weighted by Crippen LogP contribution is 2.35. The van der Waals surface area contributed by atoms with Crippen molar-refractivity contribution in [2.24, 2.45) is 0 Å². The molecule has 0 spiro atoms. The summed E-state index contributed by atoms with van der Waals surface area (Å²) in [6.45, 7) is 3.15. The van der Waals surface area contributed by atoms with Crippen molar-refractivity contribution in [2.45, 2.75) is 20.0 Å². The van der Waals surface area contributed by atoms with E-state index in [2.05, 4.69) is 10.1 Å². The number of alkyl halides is 3. The zero-order valence-corrected chi connectivity index (χ0v) is 16.3. The van der Waals surface area contributed by atoms with E-state index in [-0.39, 0.29) is 11.5 Å². The molecular weight excluding hydrogens is 385 g/mol. The van der Waals surface area contributed by atoms with Crippen LogP contribution in [0, 0.1) is 13.8 Å². The molecule has 2 aromatic carbocycles. The highest BCUT2D eigenvalue weighted by Gasteiger charge is 2.37. The first kappa shape index (κ1) is 20.5. The van der Waals surface area contributed by atoms with E-state index >= 15 is 0 Å². The van der Waals surface area contributed by atoms with Gasteiger partial charge in [-0.1, -0.05) is 23.4 Å². The van der Waals surface area contributed by atoms with Crippen molar-refractivity contribution in [1.29, 1.82) is 0 Å². The van der Waals surface area contributed by atoms with Gasteiger partial charge < -0.3 is 4.52 Å². The number of anilines is 1. The molecule has 6 nitrogen and oxygen atoms in total. The van der Waals surface area contributed by atoms with Gasteiger partial charge in [-0.05, 0) is 43.7 Å². The zero-order valence-electron chi connectivity index (χ0n) is 16.3. The van der Waals surface area contributed by atoms with Crippen LogP contribution in [0.1, 0.15) is 27.3 Å². The van der Waals surface area contributed by atoms with Crippen molar-refractivity contribution in [3.8, 4) is 11.5 Å². The molecule has 152 valence electrons. The maximum Gasteiger partial charge on any atom is 0.417 e. The molecule has 0 N–H and O–H groups in total. The SMILES string of the molecule is Cc1noc(-c2cccc(N(C(=O)c3c(C)cccc3C(F)(F)F)N(C)C)c2)n1. The fourth-order valence-electron chi connectivity index (χ4n) is 3.01. The molecule has 0 bridgehead atoms. The second-order valence-corrected chi connectivity index (χ2v) is 6.66. The Morgan fingerprint density at radius 2 is 1.76 bits per heavy atom. The van der Waals surface area contributed by atoms with Crippen molar-refractivity contribution >= 4 is 11.6 Å². The van der Waals surface area contributed by atoms with Crippen LogP contribution >= 0.6 is 0 Å². The van der Waals surface area contributed by atoms with Gasteiger partial charge in [-0.3, -0.25) is 4.79 Å². The molecule has 1 heterocycles. The van der Waals surface area contributed by atoms with E-state index in [1.54, 1.807) is 45.3 Å². The number of carbonyl (C=O) groups is 1. The molecule has 9 heteroatoms. The van der Waals surface area contributed by atoms with Crippen LogP contribution in [0.25, 0.3) is 11.5 Å². The number of amides is 1. The third-order valence-corrected chi connectivity index (χ3v) is 4.25. The van der Waals surface area contributed by atoms with Gasteiger partial charge in [0.1, 0.15) is 0 Å². The first-order chi connectivity index (χ1) is 13.6. The monoisotopic (exact) mass is 404 g/mol. The Hall–Kier alpha value is -3.20. The highest BCUT2D eigenvalue weighted by molar-refractivity contribution is 6.07. The van der Waals surface area contributed by atoms with Crippen molar-refractivity contribution in [1.82, 2.24) is 15.1 Å². The molecule has 0 aliphatic rings. The molecule has 3 rings (SSSR count). The van der Waals surface area contributed by atoms with Crippen LogP contribution in [-0.2, 0) is 6.18 Å². The molecule has 0 aliphatic carbocycles. The van der Waals surface area contributed by atoms with E-state index in [4.69, 9.17) is 4.52 Å². The molecule has 0 unspecified atom stereocenters. The molecule has 0 aliphatic heterocycles. The molecule has 3 aromatic rings. The summed E-state index contributed by atoms with van der Waals surface area (Å²) in [7, 11) is 3.15. The summed E-state index contributed by atoms with van der Waals surface area (Å²) >= 11 is 0. The predicted molar refractivity (Wildman–Crippen MR) is 101 cm³/mol. The van der Waals surface area contributed by atoms with Crippen molar-refractivity contribution in [3.05, 3.63) is 65.0 Å². The molecule has 0 saturated heterocycles. The lowest BCUT2D eigenvalue weighted by molar-refractivity contribution is -0.138. The summed E-state index contributed by atoms with van der Waals surface area (Å²) in [5.74, 6) is -0.0951. The molecule has 0 saturated carbocycles. The van der Waals surface area contributed by atoms with Crippen molar-refractivity contribution < 1.29 is 22.5 Å². The summed E-state index contributed by atoms with van der Waals surface area (Å²) in [4.78, 5) is 17.4. The fourth-order valence-corrected chi connectivity index (χ4v) is 3.01. The number of nitrogens with zero attached hydrogens (tertiary/aromatic N) is 4. The van der Waals surface area contributed by atoms with Gasteiger partial charge in [-0.2, -0.15) is 18.2 Å². The minimum absolute atomic E-state index is 0.236. The number of rotatable bonds is 4. The Bertz CT molecular complexity index is 1040. The molecule has 0 fully saturated rings. The quantitative estimate of drug-likeness (QED) is 0.600. The van der Waals surface area contributed by atoms with Gasteiger partial charge in [0.25, 0.3) is 11.8 Å². The first-order valence-corrected chi connectivity index (χ1v) is 8.69. The van der Waals surface area contributed by atoms with E-state index in [9.17, 15) is 18.0 Å². The van der Waals surface area contributed by atoms with E-state index in [1.165, 1.54) is 29.1 Å². The number of halogens is 3. The smallest absolute Gasteiger partial charge is 0.334 e. The van der Waals surface area contributed by atoms with Gasteiger partial charge in [-0.15, -0.1) is 0 Å². The minimum Gasteiger partial charge on any atom is -0.334 e. The third-order valence-electron chi connectivity index (χ3n) is 4.25.